The fraction of sp³-hybridized carbons (Fsp3) is 0.182. The van der Waals surface area contributed by atoms with Gasteiger partial charge >= 0.3 is 0 Å². The van der Waals surface area contributed by atoms with Crippen molar-refractivity contribution >= 4 is 21.6 Å². The zero-order valence-electron chi connectivity index (χ0n) is 15.7. The maximum absolute atomic E-state index is 12.6. The highest BCUT2D eigenvalue weighted by Crippen LogP contribution is 2.34. The van der Waals surface area contributed by atoms with Crippen molar-refractivity contribution in [3.63, 3.8) is 0 Å². The molecule has 0 saturated heterocycles. The summed E-state index contributed by atoms with van der Waals surface area (Å²) < 4.78 is 11.1. The van der Waals surface area contributed by atoms with E-state index in [4.69, 9.17) is 9.47 Å². The number of hydrogen-bond donors (Lipinski definition) is 1. The van der Waals surface area contributed by atoms with Crippen LogP contribution in [0.3, 0.4) is 0 Å². The van der Waals surface area contributed by atoms with Crippen molar-refractivity contribution in [1.29, 1.82) is 0 Å². The van der Waals surface area contributed by atoms with E-state index in [1.54, 1.807) is 7.11 Å². The third kappa shape index (κ3) is 3.51. The number of fused-ring (bicyclic) bond motifs is 1. The molecule has 2 aromatic carbocycles. The average Bonchev–Trinajstić information content (AvgIpc) is 3.17. The van der Waals surface area contributed by atoms with Crippen molar-refractivity contribution < 1.29 is 9.47 Å². The first-order valence-corrected chi connectivity index (χ1v) is 9.91. The summed E-state index contributed by atoms with van der Waals surface area (Å²) in [6, 6.07) is 17.4. The SMILES string of the molecule is CCCOc1ccc(-c2nc3sc(-c4ccccc4)cc3c(=O)[nH]2)cc1OC. The van der Waals surface area contributed by atoms with Gasteiger partial charge in [0.1, 0.15) is 10.7 Å². The van der Waals surface area contributed by atoms with E-state index in [2.05, 4.69) is 16.9 Å². The van der Waals surface area contributed by atoms with Crippen molar-refractivity contribution in [2.45, 2.75) is 13.3 Å². The van der Waals surface area contributed by atoms with E-state index in [-0.39, 0.29) is 5.56 Å². The van der Waals surface area contributed by atoms with Gasteiger partial charge in [0.2, 0.25) is 0 Å². The predicted molar refractivity (Wildman–Crippen MR) is 113 cm³/mol. The Kier molecular flexibility index (Phi) is 5.12. The Balaban J connectivity index is 1.76. The number of aromatic nitrogens is 2. The number of aromatic amines is 1. The minimum absolute atomic E-state index is 0.149. The van der Waals surface area contributed by atoms with Gasteiger partial charge in [0, 0.05) is 10.4 Å². The summed E-state index contributed by atoms with van der Waals surface area (Å²) in [6.07, 6.45) is 0.915. The van der Waals surface area contributed by atoms with E-state index in [1.807, 2.05) is 54.6 Å². The van der Waals surface area contributed by atoms with E-state index >= 15 is 0 Å². The molecule has 4 rings (SSSR count). The summed E-state index contributed by atoms with van der Waals surface area (Å²) in [5.41, 5.74) is 1.70. The second-order valence-corrected chi connectivity index (χ2v) is 7.35. The smallest absolute Gasteiger partial charge is 0.259 e. The van der Waals surface area contributed by atoms with Crippen LogP contribution in [-0.2, 0) is 0 Å². The number of hydrogen-bond acceptors (Lipinski definition) is 5. The Morgan fingerprint density at radius 2 is 1.86 bits per heavy atom. The lowest BCUT2D eigenvalue weighted by molar-refractivity contribution is 0.294. The zero-order valence-corrected chi connectivity index (χ0v) is 16.5. The molecule has 0 aliphatic carbocycles. The number of methoxy groups -OCH3 is 1. The van der Waals surface area contributed by atoms with E-state index in [9.17, 15) is 4.79 Å². The van der Waals surface area contributed by atoms with Gasteiger partial charge in [0.05, 0.1) is 19.1 Å². The normalized spacial score (nSPS) is 10.9. The van der Waals surface area contributed by atoms with Crippen LogP contribution in [0.1, 0.15) is 13.3 Å². The van der Waals surface area contributed by atoms with Crippen LogP contribution in [0.2, 0.25) is 0 Å². The molecule has 142 valence electrons. The molecule has 1 N–H and O–H groups in total. The molecule has 0 aliphatic rings. The monoisotopic (exact) mass is 392 g/mol. The lowest BCUT2D eigenvalue weighted by atomic mass is 10.1. The Bertz CT molecular complexity index is 1170. The highest BCUT2D eigenvalue weighted by molar-refractivity contribution is 7.21. The van der Waals surface area contributed by atoms with Crippen molar-refractivity contribution in [1.82, 2.24) is 9.97 Å². The Morgan fingerprint density at radius 1 is 1.04 bits per heavy atom. The third-order valence-electron chi connectivity index (χ3n) is 4.36. The first kappa shape index (κ1) is 18.3. The summed E-state index contributed by atoms with van der Waals surface area (Å²) in [5.74, 6) is 1.81. The topological polar surface area (TPSA) is 64.2 Å². The molecule has 0 aliphatic heterocycles. The highest BCUT2D eigenvalue weighted by atomic mass is 32.1. The number of H-pyrrole nitrogens is 1. The molecule has 0 atom stereocenters. The first-order valence-electron chi connectivity index (χ1n) is 9.10. The minimum atomic E-state index is -0.149. The maximum atomic E-state index is 12.6. The number of ether oxygens (including phenoxy) is 2. The number of nitrogens with one attached hydrogen (secondary N) is 1. The van der Waals surface area contributed by atoms with Crippen LogP contribution in [0.25, 0.3) is 32.0 Å². The molecule has 2 aromatic heterocycles. The molecule has 0 saturated carbocycles. The van der Waals surface area contributed by atoms with Gasteiger partial charge in [-0.1, -0.05) is 37.3 Å². The lowest BCUT2D eigenvalue weighted by Gasteiger charge is -2.11. The second-order valence-electron chi connectivity index (χ2n) is 6.32. The van der Waals surface area contributed by atoms with Gasteiger partial charge in [-0.3, -0.25) is 4.79 Å². The average molecular weight is 392 g/mol. The molecule has 0 amide bonds. The van der Waals surface area contributed by atoms with Crippen LogP contribution in [0.5, 0.6) is 11.5 Å². The molecule has 6 heteroatoms. The van der Waals surface area contributed by atoms with Gasteiger partial charge in [-0.2, -0.15) is 0 Å². The minimum Gasteiger partial charge on any atom is -0.493 e. The van der Waals surface area contributed by atoms with Crippen LogP contribution in [-0.4, -0.2) is 23.7 Å². The van der Waals surface area contributed by atoms with Crippen LogP contribution >= 0.6 is 11.3 Å². The summed E-state index contributed by atoms with van der Waals surface area (Å²) in [7, 11) is 1.60. The molecule has 0 unspecified atom stereocenters. The summed E-state index contributed by atoms with van der Waals surface area (Å²) in [5, 5.41) is 0.600. The number of nitrogens with zero attached hydrogens (tertiary/aromatic N) is 1. The fourth-order valence-electron chi connectivity index (χ4n) is 2.96. The first-order chi connectivity index (χ1) is 13.7. The van der Waals surface area contributed by atoms with Gasteiger partial charge in [-0.15, -0.1) is 11.3 Å². The Labute approximate surface area is 166 Å². The van der Waals surface area contributed by atoms with E-state index in [1.165, 1.54) is 11.3 Å². The van der Waals surface area contributed by atoms with Crippen LogP contribution < -0.4 is 15.0 Å². The third-order valence-corrected chi connectivity index (χ3v) is 5.44. The van der Waals surface area contributed by atoms with Crippen LogP contribution in [0.4, 0.5) is 0 Å². The van der Waals surface area contributed by atoms with Gasteiger partial charge in [-0.05, 0) is 36.2 Å². The van der Waals surface area contributed by atoms with Crippen molar-refractivity contribution in [2.24, 2.45) is 0 Å². The summed E-state index contributed by atoms with van der Waals surface area (Å²) >= 11 is 1.51. The standard InChI is InChI=1S/C22H20N2O3S/c1-3-11-27-17-10-9-15(12-18(17)26-2)20-23-21(25)16-13-19(28-22(16)24-20)14-7-5-4-6-8-14/h4-10,12-13H,3,11H2,1-2H3,(H,23,24,25). The molecule has 5 nitrogen and oxygen atoms in total. The van der Waals surface area contributed by atoms with Crippen molar-refractivity contribution in [3.05, 3.63) is 65.0 Å². The van der Waals surface area contributed by atoms with Crippen LogP contribution in [0, 0.1) is 0 Å². The molecular weight excluding hydrogens is 372 g/mol. The Morgan fingerprint density at radius 3 is 2.61 bits per heavy atom. The molecule has 28 heavy (non-hydrogen) atoms. The van der Waals surface area contributed by atoms with E-state index < -0.39 is 0 Å². The molecule has 0 bridgehead atoms. The van der Waals surface area contributed by atoms with Gasteiger partial charge < -0.3 is 14.5 Å². The summed E-state index contributed by atoms with van der Waals surface area (Å²) in [4.78, 5) is 21.9. The fourth-order valence-corrected chi connectivity index (χ4v) is 4.00. The van der Waals surface area contributed by atoms with Crippen molar-refractivity contribution in [2.75, 3.05) is 13.7 Å². The number of rotatable bonds is 6. The second kappa shape index (κ2) is 7.86. The largest absolute Gasteiger partial charge is 0.493 e. The summed E-state index contributed by atoms with van der Waals surface area (Å²) in [6.45, 7) is 2.67. The molecule has 0 radical (unpaired) electrons. The molecule has 0 spiro atoms. The van der Waals surface area contributed by atoms with Crippen LogP contribution in [0.15, 0.2) is 59.4 Å². The number of thiophene rings is 1. The lowest BCUT2D eigenvalue weighted by Crippen LogP contribution is -2.08. The quantitative estimate of drug-likeness (QED) is 0.495. The molecule has 4 aromatic rings. The predicted octanol–water partition coefficient (Wildman–Crippen LogP) is 5.12. The maximum Gasteiger partial charge on any atom is 0.259 e. The zero-order chi connectivity index (χ0) is 19.5. The highest BCUT2D eigenvalue weighted by Gasteiger charge is 2.13. The van der Waals surface area contributed by atoms with E-state index in [0.717, 1.165) is 22.4 Å². The van der Waals surface area contributed by atoms with Gasteiger partial charge in [0.25, 0.3) is 5.56 Å². The number of benzene rings is 2. The van der Waals surface area contributed by atoms with Gasteiger partial charge in [0.15, 0.2) is 11.5 Å². The molecule has 2 heterocycles. The van der Waals surface area contributed by atoms with Crippen molar-refractivity contribution in [3.8, 4) is 33.3 Å². The Hall–Kier alpha value is -3.12. The van der Waals surface area contributed by atoms with Gasteiger partial charge in [-0.25, -0.2) is 4.98 Å². The molecule has 0 fully saturated rings. The van der Waals surface area contributed by atoms with E-state index in [0.29, 0.717) is 34.1 Å². The molecular formula is C22H20N2O3S.